The summed E-state index contributed by atoms with van der Waals surface area (Å²) in [4.78, 5) is 2.36. The van der Waals surface area contributed by atoms with Gasteiger partial charge >= 0.3 is 0 Å². The van der Waals surface area contributed by atoms with Gasteiger partial charge in [-0.05, 0) is 69.5 Å². The van der Waals surface area contributed by atoms with Crippen LogP contribution in [0.5, 0.6) is 0 Å². The molecule has 1 rings (SSSR count). The first-order chi connectivity index (χ1) is 8.06. The first-order valence-electron chi connectivity index (χ1n) is 6.36. The van der Waals surface area contributed by atoms with E-state index in [1.807, 2.05) is 0 Å². The molecule has 0 aliphatic carbocycles. The van der Waals surface area contributed by atoms with E-state index in [0.29, 0.717) is 0 Å². The normalized spacial score (nSPS) is 11.2. The molecule has 0 unspecified atom stereocenters. The summed E-state index contributed by atoms with van der Waals surface area (Å²) >= 11 is 5.70. The molecule has 0 saturated heterocycles. The zero-order valence-corrected chi connectivity index (χ0v) is 12.3. The molecule has 0 atom stereocenters. The third-order valence-corrected chi connectivity index (χ3v) is 3.87. The molecule has 1 nitrogen and oxygen atoms in total. The minimum absolute atomic E-state index is 0.757. The highest BCUT2D eigenvalue weighted by atomic mass is 35.5. The van der Waals surface area contributed by atoms with Crippen LogP contribution in [0.2, 0.25) is 0 Å². The van der Waals surface area contributed by atoms with Gasteiger partial charge in [0.2, 0.25) is 0 Å². The van der Waals surface area contributed by atoms with Gasteiger partial charge < -0.3 is 4.90 Å². The summed E-state index contributed by atoms with van der Waals surface area (Å²) in [5, 5.41) is 0. The molecule has 0 aliphatic rings. The summed E-state index contributed by atoms with van der Waals surface area (Å²) in [6.45, 7) is 8.83. The first kappa shape index (κ1) is 14.5. The lowest BCUT2D eigenvalue weighted by molar-refractivity contribution is 0.339. The Labute approximate surface area is 111 Å². The molecule has 0 amide bonds. The summed E-state index contributed by atoms with van der Waals surface area (Å²) in [5.74, 6) is 0.757. The second kappa shape index (κ2) is 7.03. The lowest BCUT2D eigenvalue weighted by atomic mass is 9.97. The van der Waals surface area contributed by atoms with Gasteiger partial charge in [0, 0.05) is 12.4 Å². The van der Waals surface area contributed by atoms with Gasteiger partial charge in [0.05, 0.1) is 0 Å². The van der Waals surface area contributed by atoms with Crippen molar-refractivity contribution < 1.29 is 0 Å². The van der Waals surface area contributed by atoms with Crippen molar-refractivity contribution in [2.75, 3.05) is 26.0 Å². The van der Waals surface area contributed by atoms with Crippen LogP contribution in [-0.4, -0.2) is 30.9 Å². The molecule has 0 radical (unpaired) electrons. The van der Waals surface area contributed by atoms with E-state index in [0.717, 1.165) is 31.8 Å². The maximum Gasteiger partial charge on any atom is 0.0235 e. The number of hydrogen-bond donors (Lipinski definition) is 0. The van der Waals surface area contributed by atoms with Gasteiger partial charge in [0.1, 0.15) is 0 Å². The van der Waals surface area contributed by atoms with Crippen molar-refractivity contribution in [3.05, 3.63) is 34.4 Å². The molecule has 0 bridgehead atoms. The maximum absolute atomic E-state index is 5.70. The van der Waals surface area contributed by atoms with E-state index in [4.69, 9.17) is 11.6 Å². The number of rotatable bonds is 6. The van der Waals surface area contributed by atoms with Crippen molar-refractivity contribution in [3.63, 3.8) is 0 Å². The molecule has 0 N–H and O–H groups in total. The minimum Gasteiger partial charge on any atom is -0.306 e. The molecule has 0 spiro atoms. The number of aryl methyl sites for hydroxylation is 1. The second-order valence-electron chi connectivity index (χ2n) is 4.89. The largest absolute Gasteiger partial charge is 0.306 e. The summed E-state index contributed by atoms with van der Waals surface area (Å²) in [6, 6.07) is 4.50. The summed E-state index contributed by atoms with van der Waals surface area (Å²) < 4.78 is 0. The highest BCUT2D eigenvalue weighted by Crippen LogP contribution is 2.17. The highest BCUT2D eigenvalue weighted by molar-refractivity contribution is 6.17. The van der Waals surface area contributed by atoms with Crippen LogP contribution in [0, 0.1) is 20.8 Å². The lowest BCUT2D eigenvalue weighted by Gasteiger charge is -2.17. The smallest absolute Gasteiger partial charge is 0.0235 e. The fraction of sp³-hybridized carbons (Fsp3) is 0.600. The molecule has 0 saturated carbocycles. The monoisotopic (exact) mass is 253 g/mol. The van der Waals surface area contributed by atoms with E-state index in [9.17, 15) is 0 Å². The quantitative estimate of drug-likeness (QED) is 0.699. The van der Waals surface area contributed by atoms with Gasteiger partial charge in [-0.3, -0.25) is 0 Å². The molecule has 2 heteroatoms. The van der Waals surface area contributed by atoms with Crippen molar-refractivity contribution in [2.24, 2.45) is 0 Å². The molecule has 0 fully saturated rings. The second-order valence-corrected chi connectivity index (χ2v) is 5.27. The molecular formula is C15H24ClN. The van der Waals surface area contributed by atoms with Crippen LogP contribution in [0.25, 0.3) is 0 Å². The van der Waals surface area contributed by atoms with Crippen LogP contribution >= 0.6 is 11.6 Å². The standard InChI is InChI=1S/C15H24ClN/c1-12-6-7-15(14(3)13(12)2)8-11-17(4)10-5-9-16/h6-7H,5,8-11H2,1-4H3. The number of benzene rings is 1. The van der Waals surface area contributed by atoms with Crippen molar-refractivity contribution in [3.8, 4) is 0 Å². The molecule has 96 valence electrons. The molecule has 0 aromatic heterocycles. The Bertz CT molecular complexity index is 360. The summed E-state index contributed by atoms with van der Waals surface area (Å²) in [7, 11) is 2.17. The van der Waals surface area contributed by atoms with Gasteiger partial charge in [-0.25, -0.2) is 0 Å². The molecular weight excluding hydrogens is 230 g/mol. The van der Waals surface area contributed by atoms with Crippen LogP contribution in [-0.2, 0) is 6.42 Å². The molecule has 0 heterocycles. The van der Waals surface area contributed by atoms with E-state index in [1.165, 1.54) is 22.3 Å². The first-order valence-corrected chi connectivity index (χ1v) is 6.90. The van der Waals surface area contributed by atoms with Crippen LogP contribution in [0.3, 0.4) is 0 Å². The molecule has 17 heavy (non-hydrogen) atoms. The Morgan fingerprint density at radius 3 is 2.41 bits per heavy atom. The number of halogens is 1. The predicted octanol–water partition coefficient (Wildman–Crippen LogP) is 3.72. The van der Waals surface area contributed by atoms with Crippen molar-refractivity contribution in [1.29, 1.82) is 0 Å². The average Bonchev–Trinajstić information content (AvgIpc) is 2.32. The average molecular weight is 254 g/mol. The van der Waals surface area contributed by atoms with Gasteiger partial charge in [-0.15, -0.1) is 11.6 Å². The third kappa shape index (κ3) is 4.33. The van der Waals surface area contributed by atoms with Crippen LogP contribution in [0.4, 0.5) is 0 Å². The van der Waals surface area contributed by atoms with Crippen molar-refractivity contribution >= 4 is 11.6 Å². The Kier molecular flexibility index (Phi) is 6.01. The Morgan fingerprint density at radius 1 is 1.06 bits per heavy atom. The third-order valence-electron chi connectivity index (χ3n) is 3.61. The van der Waals surface area contributed by atoms with Gasteiger partial charge in [0.15, 0.2) is 0 Å². The number of likely N-dealkylation sites (N-methyl/N-ethyl adjacent to an activating group) is 1. The fourth-order valence-corrected chi connectivity index (χ4v) is 2.16. The van der Waals surface area contributed by atoms with E-state index in [1.54, 1.807) is 0 Å². The van der Waals surface area contributed by atoms with Gasteiger partial charge in [-0.1, -0.05) is 12.1 Å². The topological polar surface area (TPSA) is 3.24 Å². The predicted molar refractivity (Wildman–Crippen MR) is 77.2 cm³/mol. The van der Waals surface area contributed by atoms with Crippen molar-refractivity contribution in [1.82, 2.24) is 4.90 Å². The molecule has 1 aromatic carbocycles. The maximum atomic E-state index is 5.70. The minimum atomic E-state index is 0.757. The van der Waals surface area contributed by atoms with Gasteiger partial charge in [0.25, 0.3) is 0 Å². The van der Waals surface area contributed by atoms with E-state index in [-0.39, 0.29) is 0 Å². The number of hydrogen-bond acceptors (Lipinski definition) is 1. The molecule has 1 aromatic rings. The summed E-state index contributed by atoms with van der Waals surface area (Å²) in [6.07, 6.45) is 2.20. The number of nitrogens with zero attached hydrogens (tertiary/aromatic N) is 1. The lowest BCUT2D eigenvalue weighted by Crippen LogP contribution is -2.23. The summed E-state index contributed by atoms with van der Waals surface area (Å²) in [5.41, 5.74) is 5.76. The Balaban J connectivity index is 2.55. The fourth-order valence-electron chi connectivity index (χ4n) is 2.04. The highest BCUT2D eigenvalue weighted by Gasteiger charge is 2.05. The van der Waals surface area contributed by atoms with E-state index >= 15 is 0 Å². The van der Waals surface area contributed by atoms with Crippen LogP contribution in [0.15, 0.2) is 12.1 Å². The number of alkyl halides is 1. The van der Waals surface area contributed by atoms with Gasteiger partial charge in [-0.2, -0.15) is 0 Å². The van der Waals surface area contributed by atoms with E-state index < -0.39 is 0 Å². The Morgan fingerprint density at radius 2 is 1.76 bits per heavy atom. The van der Waals surface area contributed by atoms with Crippen LogP contribution in [0.1, 0.15) is 28.7 Å². The zero-order chi connectivity index (χ0) is 12.8. The Hall–Kier alpha value is -0.530. The zero-order valence-electron chi connectivity index (χ0n) is 11.5. The van der Waals surface area contributed by atoms with E-state index in [2.05, 4.69) is 44.9 Å². The molecule has 0 aliphatic heterocycles. The van der Waals surface area contributed by atoms with Crippen molar-refractivity contribution in [2.45, 2.75) is 33.6 Å². The SMILES string of the molecule is Cc1ccc(CCN(C)CCCCl)c(C)c1C. The van der Waals surface area contributed by atoms with Crippen LogP contribution < -0.4 is 0 Å².